The molecule has 0 aromatic rings. The van der Waals surface area contributed by atoms with Crippen LogP contribution in [-0.4, -0.2) is 66.9 Å². The predicted molar refractivity (Wildman–Crippen MR) is 79.3 cm³/mol. The summed E-state index contributed by atoms with van der Waals surface area (Å²) in [7, 11) is 0. The third kappa shape index (κ3) is 6.77. The molecule has 7 heteroatoms. The molecular formula is C14H27N3O4. The molecule has 2 atom stereocenters. The van der Waals surface area contributed by atoms with E-state index in [1.54, 1.807) is 0 Å². The van der Waals surface area contributed by atoms with Crippen LogP contribution in [0.3, 0.4) is 0 Å². The number of nitrogens with zero attached hydrogens (tertiary/aromatic N) is 1. The van der Waals surface area contributed by atoms with Gasteiger partial charge in [0.25, 0.3) is 0 Å². The van der Waals surface area contributed by atoms with Crippen molar-refractivity contribution in [1.82, 2.24) is 15.5 Å². The Morgan fingerprint density at radius 3 is 2.71 bits per heavy atom. The number of nitrogens with one attached hydrogen (secondary N) is 2. The average Bonchev–Trinajstić information content (AvgIpc) is 2.44. The highest BCUT2D eigenvalue weighted by Gasteiger charge is 2.23. The number of hydrogen-bond acceptors (Lipinski definition) is 4. The normalized spacial score (nSPS) is 21.0. The third-order valence-corrected chi connectivity index (χ3v) is 3.47. The number of likely N-dealkylation sites (N-methyl/N-ethyl adjacent to an activating group) is 1. The van der Waals surface area contributed by atoms with E-state index in [1.165, 1.54) is 0 Å². The topological polar surface area (TPSA) is 90.9 Å². The standard InChI is InChI=1S/C14H27N3O4/c1-4-17-5-6-21-11(9-17)8-15-14(20)16-12(13(18)19)7-10(2)3/h10-12H,4-9H2,1-3H3,(H,18,19)(H2,15,16,20)/t11?,12-/m0/s1. The second-order valence-electron chi connectivity index (χ2n) is 5.76. The summed E-state index contributed by atoms with van der Waals surface area (Å²) >= 11 is 0. The molecule has 21 heavy (non-hydrogen) atoms. The minimum Gasteiger partial charge on any atom is -0.480 e. The van der Waals surface area contributed by atoms with Crippen LogP contribution in [-0.2, 0) is 9.53 Å². The summed E-state index contributed by atoms with van der Waals surface area (Å²) in [5, 5.41) is 14.3. The Morgan fingerprint density at radius 1 is 1.43 bits per heavy atom. The molecule has 7 nitrogen and oxygen atoms in total. The number of amides is 2. The van der Waals surface area contributed by atoms with Crippen molar-refractivity contribution in [3.63, 3.8) is 0 Å². The van der Waals surface area contributed by atoms with Crippen molar-refractivity contribution < 1.29 is 19.4 Å². The number of urea groups is 1. The first kappa shape index (κ1) is 17.7. The highest BCUT2D eigenvalue weighted by molar-refractivity contribution is 5.82. The maximum Gasteiger partial charge on any atom is 0.326 e. The molecule has 0 bridgehead atoms. The molecular weight excluding hydrogens is 274 g/mol. The number of carbonyl (C=O) groups is 2. The molecule has 1 aliphatic heterocycles. The first-order valence-corrected chi connectivity index (χ1v) is 7.53. The molecule has 0 aromatic carbocycles. The zero-order chi connectivity index (χ0) is 15.8. The molecule has 0 aliphatic carbocycles. The lowest BCUT2D eigenvalue weighted by atomic mass is 10.0. The number of ether oxygens (including phenoxy) is 1. The molecule has 1 saturated heterocycles. The Morgan fingerprint density at radius 2 is 2.14 bits per heavy atom. The molecule has 1 fully saturated rings. The second kappa shape index (κ2) is 8.84. The monoisotopic (exact) mass is 301 g/mol. The molecule has 1 unspecified atom stereocenters. The van der Waals surface area contributed by atoms with Gasteiger partial charge in [-0.1, -0.05) is 20.8 Å². The quantitative estimate of drug-likeness (QED) is 0.637. The number of hydrogen-bond donors (Lipinski definition) is 3. The maximum atomic E-state index is 11.8. The fourth-order valence-electron chi connectivity index (χ4n) is 2.30. The summed E-state index contributed by atoms with van der Waals surface area (Å²) in [5.41, 5.74) is 0. The van der Waals surface area contributed by atoms with Crippen molar-refractivity contribution in [1.29, 1.82) is 0 Å². The highest BCUT2D eigenvalue weighted by Crippen LogP contribution is 2.05. The van der Waals surface area contributed by atoms with Gasteiger partial charge in [0.15, 0.2) is 0 Å². The summed E-state index contributed by atoms with van der Waals surface area (Å²) in [6, 6.07) is -1.32. The van der Waals surface area contributed by atoms with Gasteiger partial charge in [-0.15, -0.1) is 0 Å². The van der Waals surface area contributed by atoms with Crippen LogP contribution in [0.15, 0.2) is 0 Å². The van der Waals surface area contributed by atoms with Gasteiger partial charge in [0, 0.05) is 19.6 Å². The summed E-state index contributed by atoms with van der Waals surface area (Å²) in [6.07, 6.45) is 0.365. The van der Waals surface area contributed by atoms with E-state index < -0.39 is 18.0 Å². The fraction of sp³-hybridized carbons (Fsp3) is 0.857. The van der Waals surface area contributed by atoms with Crippen molar-refractivity contribution in [2.75, 3.05) is 32.8 Å². The zero-order valence-corrected chi connectivity index (χ0v) is 13.1. The van der Waals surface area contributed by atoms with Gasteiger partial charge in [0.05, 0.1) is 12.7 Å². The Bertz CT molecular complexity index is 349. The van der Waals surface area contributed by atoms with E-state index in [0.717, 1.165) is 19.6 Å². The molecule has 122 valence electrons. The molecule has 1 aliphatic rings. The summed E-state index contributed by atoms with van der Waals surface area (Å²) in [5.74, 6) is -0.809. The number of carboxylic acid groups (broad SMARTS) is 1. The van der Waals surface area contributed by atoms with Crippen molar-refractivity contribution >= 4 is 12.0 Å². The smallest absolute Gasteiger partial charge is 0.326 e. The molecule has 0 radical (unpaired) electrons. The first-order valence-electron chi connectivity index (χ1n) is 7.53. The van der Waals surface area contributed by atoms with E-state index in [4.69, 9.17) is 9.84 Å². The minimum absolute atomic E-state index is 0.0437. The number of morpholine rings is 1. The van der Waals surface area contributed by atoms with Crippen LogP contribution in [0.1, 0.15) is 27.2 Å². The van der Waals surface area contributed by atoms with Crippen LogP contribution in [0.4, 0.5) is 4.79 Å². The van der Waals surface area contributed by atoms with Gasteiger partial charge in [-0.3, -0.25) is 4.90 Å². The van der Waals surface area contributed by atoms with Gasteiger partial charge in [0.1, 0.15) is 6.04 Å². The van der Waals surface area contributed by atoms with Gasteiger partial charge >= 0.3 is 12.0 Å². The Labute approximate surface area is 126 Å². The van der Waals surface area contributed by atoms with Gasteiger partial charge in [-0.2, -0.15) is 0 Å². The van der Waals surface area contributed by atoms with Crippen LogP contribution in [0.2, 0.25) is 0 Å². The zero-order valence-electron chi connectivity index (χ0n) is 13.1. The average molecular weight is 301 g/mol. The van der Waals surface area contributed by atoms with Crippen molar-refractivity contribution in [3.8, 4) is 0 Å². The van der Waals surface area contributed by atoms with E-state index in [2.05, 4.69) is 22.5 Å². The maximum absolute atomic E-state index is 11.8. The lowest BCUT2D eigenvalue weighted by Gasteiger charge is -2.32. The van der Waals surface area contributed by atoms with Crippen molar-refractivity contribution in [2.24, 2.45) is 5.92 Å². The van der Waals surface area contributed by atoms with Gasteiger partial charge in [-0.25, -0.2) is 9.59 Å². The van der Waals surface area contributed by atoms with Crippen LogP contribution >= 0.6 is 0 Å². The van der Waals surface area contributed by atoms with E-state index in [0.29, 0.717) is 19.6 Å². The third-order valence-electron chi connectivity index (χ3n) is 3.47. The van der Waals surface area contributed by atoms with Crippen LogP contribution in [0.25, 0.3) is 0 Å². The Balaban J connectivity index is 2.33. The molecule has 3 N–H and O–H groups in total. The summed E-state index contributed by atoms with van der Waals surface area (Å²) < 4.78 is 5.58. The highest BCUT2D eigenvalue weighted by atomic mass is 16.5. The molecule has 0 saturated carbocycles. The van der Waals surface area contributed by atoms with Gasteiger partial charge in [0.2, 0.25) is 0 Å². The lowest BCUT2D eigenvalue weighted by Crippen LogP contribution is -2.51. The lowest BCUT2D eigenvalue weighted by molar-refractivity contribution is -0.139. The van der Waals surface area contributed by atoms with E-state index >= 15 is 0 Å². The molecule has 2 amide bonds. The van der Waals surface area contributed by atoms with Gasteiger partial charge < -0.3 is 20.5 Å². The van der Waals surface area contributed by atoms with Crippen LogP contribution in [0.5, 0.6) is 0 Å². The SMILES string of the molecule is CCN1CCOC(CNC(=O)N[C@@H](CC(C)C)C(=O)O)C1. The molecule has 1 heterocycles. The van der Waals surface area contributed by atoms with E-state index in [9.17, 15) is 9.59 Å². The Hall–Kier alpha value is -1.34. The number of carboxylic acids is 1. The summed E-state index contributed by atoms with van der Waals surface area (Å²) in [4.78, 5) is 25.1. The number of carbonyl (C=O) groups excluding carboxylic acids is 1. The summed E-state index contributed by atoms with van der Waals surface area (Å²) in [6.45, 7) is 9.63. The second-order valence-corrected chi connectivity index (χ2v) is 5.76. The number of aliphatic carboxylic acids is 1. The van der Waals surface area contributed by atoms with Crippen molar-refractivity contribution in [2.45, 2.75) is 39.3 Å². The molecule has 0 spiro atoms. The number of rotatable bonds is 7. The van der Waals surface area contributed by atoms with Crippen LogP contribution in [0, 0.1) is 5.92 Å². The van der Waals surface area contributed by atoms with Crippen molar-refractivity contribution in [3.05, 3.63) is 0 Å². The predicted octanol–water partition coefficient (Wildman–Crippen LogP) is 0.506. The molecule has 0 aromatic heterocycles. The Kier molecular flexibility index (Phi) is 7.45. The molecule has 1 rings (SSSR count). The fourth-order valence-corrected chi connectivity index (χ4v) is 2.30. The minimum atomic E-state index is -1.01. The largest absolute Gasteiger partial charge is 0.480 e. The van der Waals surface area contributed by atoms with Crippen LogP contribution < -0.4 is 10.6 Å². The van der Waals surface area contributed by atoms with Gasteiger partial charge in [-0.05, 0) is 18.9 Å². The van der Waals surface area contributed by atoms with E-state index in [1.807, 2.05) is 13.8 Å². The van der Waals surface area contributed by atoms with E-state index in [-0.39, 0.29) is 12.0 Å². The first-order chi connectivity index (χ1) is 9.92.